The molecule has 12 aromatic rings. The van der Waals surface area contributed by atoms with Gasteiger partial charge in [-0.3, -0.25) is 4.98 Å². The molecule has 0 spiro atoms. The van der Waals surface area contributed by atoms with Gasteiger partial charge in [-0.05, 0) is 69.6 Å². The van der Waals surface area contributed by atoms with Gasteiger partial charge in [0.1, 0.15) is 0 Å². The number of rotatable bonds is 6. The summed E-state index contributed by atoms with van der Waals surface area (Å²) >= 11 is 3.73. The van der Waals surface area contributed by atoms with Gasteiger partial charge < -0.3 is 0 Å². The number of thiophene rings is 2. The average Bonchev–Trinajstić information content (AvgIpc) is 3.90. The van der Waals surface area contributed by atoms with E-state index < -0.39 is 0 Å². The van der Waals surface area contributed by atoms with Gasteiger partial charge in [0.05, 0.1) is 11.4 Å². The van der Waals surface area contributed by atoms with E-state index in [1.807, 2.05) is 53.3 Å². The van der Waals surface area contributed by atoms with E-state index in [0.29, 0.717) is 5.82 Å². The maximum absolute atomic E-state index is 5.35. The van der Waals surface area contributed by atoms with Crippen LogP contribution in [0, 0.1) is 0 Å². The molecule has 0 aliphatic carbocycles. The Hall–Kier alpha value is -7.31. The zero-order valence-corrected chi connectivity index (χ0v) is 33.8. The summed E-state index contributed by atoms with van der Waals surface area (Å²) < 4.78 is 5.16. The summed E-state index contributed by atoms with van der Waals surface area (Å²) in [5.74, 6) is 0.690. The van der Waals surface area contributed by atoms with E-state index in [1.165, 1.54) is 56.9 Å². The van der Waals surface area contributed by atoms with Crippen LogP contribution in [0.4, 0.5) is 0 Å². The number of hydrogen-bond donors (Lipinski definition) is 0. The third-order valence-corrected chi connectivity index (χ3v) is 14.0. The zero-order chi connectivity index (χ0) is 39.6. The topological polar surface area (TPSA) is 38.7 Å². The average molecular weight is 800 g/mol. The highest BCUT2D eigenvalue weighted by Crippen LogP contribution is 2.45. The summed E-state index contributed by atoms with van der Waals surface area (Å²) in [6, 6.07) is 67.5. The van der Waals surface area contributed by atoms with Crippen molar-refractivity contribution in [2.45, 2.75) is 0 Å². The van der Waals surface area contributed by atoms with Crippen molar-refractivity contribution < 1.29 is 0 Å². The predicted molar refractivity (Wildman–Crippen MR) is 256 cm³/mol. The molecule has 280 valence electrons. The Morgan fingerprint density at radius 2 is 0.833 bits per heavy atom. The maximum atomic E-state index is 5.35. The lowest BCUT2D eigenvalue weighted by atomic mass is 9.93. The normalized spacial score (nSPS) is 11.7. The second kappa shape index (κ2) is 14.2. The van der Waals surface area contributed by atoms with Crippen molar-refractivity contribution in [1.82, 2.24) is 15.0 Å². The van der Waals surface area contributed by atoms with Crippen LogP contribution in [0.3, 0.4) is 0 Å². The van der Waals surface area contributed by atoms with E-state index in [9.17, 15) is 0 Å². The molecule has 0 radical (unpaired) electrons. The minimum Gasteiger partial charge on any atom is -0.263 e. The van der Waals surface area contributed by atoms with Crippen LogP contribution in [0.2, 0.25) is 0 Å². The SMILES string of the molecule is c1ccc(-c2nc(-c3ccc(-c4cncc5ccccc45)cc3)cc(-c3cc(-c4cccc5c4sc4ccccc45)cc(-c4cccc5c4sc4ccccc45)c3)n2)cc1. The molecule has 3 nitrogen and oxygen atoms in total. The first kappa shape index (κ1) is 34.7. The van der Waals surface area contributed by atoms with Gasteiger partial charge >= 0.3 is 0 Å². The van der Waals surface area contributed by atoms with Crippen LogP contribution in [0.5, 0.6) is 0 Å². The van der Waals surface area contributed by atoms with Crippen molar-refractivity contribution >= 4 is 73.8 Å². The van der Waals surface area contributed by atoms with Gasteiger partial charge in [-0.1, -0.05) is 152 Å². The zero-order valence-electron chi connectivity index (χ0n) is 32.2. The van der Waals surface area contributed by atoms with Crippen LogP contribution in [0.25, 0.3) is 118 Å². The summed E-state index contributed by atoms with van der Waals surface area (Å²) in [5.41, 5.74) is 11.8. The number of pyridine rings is 1. The van der Waals surface area contributed by atoms with Crippen molar-refractivity contribution in [3.63, 3.8) is 0 Å². The standard InChI is InChI=1S/C55H33N3S2/c1-2-12-36(13-3-1)55-57-49(35-26-24-34(25-27-35)48-33-56-32-37-14-4-5-15-41(37)48)31-50(58-55)40-29-38(42-18-10-20-46-44-16-6-8-22-51(44)59-53(42)46)28-39(30-40)43-19-11-21-47-45-17-7-9-23-52(45)60-54(43)47/h1-33H. The molecule has 60 heavy (non-hydrogen) atoms. The fraction of sp³-hybridized carbons (Fsp3) is 0. The minimum absolute atomic E-state index is 0.690. The van der Waals surface area contributed by atoms with E-state index in [0.717, 1.165) is 55.7 Å². The van der Waals surface area contributed by atoms with Gasteiger partial charge in [0.2, 0.25) is 0 Å². The Kier molecular flexibility index (Phi) is 8.22. The number of hydrogen-bond acceptors (Lipinski definition) is 5. The number of aromatic nitrogens is 3. The number of nitrogens with zero attached hydrogens (tertiary/aromatic N) is 3. The summed E-state index contributed by atoms with van der Waals surface area (Å²) in [6.45, 7) is 0. The molecule has 0 saturated heterocycles. The summed E-state index contributed by atoms with van der Waals surface area (Å²) in [5, 5.41) is 7.46. The second-order valence-electron chi connectivity index (χ2n) is 15.2. The van der Waals surface area contributed by atoms with E-state index in [4.69, 9.17) is 9.97 Å². The van der Waals surface area contributed by atoms with Crippen molar-refractivity contribution in [2.24, 2.45) is 0 Å². The highest BCUT2D eigenvalue weighted by molar-refractivity contribution is 7.26. The Balaban J connectivity index is 1.07. The summed E-state index contributed by atoms with van der Waals surface area (Å²) in [4.78, 5) is 15.1. The molecule has 0 N–H and O–H groups in total. The number of benzene rings is 8. The third-order valence-electron chi connectivity index (χ3n) is 11.6. The highest BCUT2D eigenvalue weighted by Gasteiger charge is 2.18. The number of fused-ring (bicyclic) bond motifs is 7. The molecule has 4 heterocycles. The van der Waals surface area contributed by atoms with Crippen LogP contribution in [-0.4, -0.2) is 15.0 Å². The molecule has 0 atom stereocenters. The molecular formula is C55H33N3S2. The molecule has 0 unspecified atom stereocenters. The lowest BCUT2D eigenvalue weighted by Crippen LogP contribution is -1.96. The van der Waals surface area contributed by atoms with Gasteiger partial charge in [0.25, 0.3) is 0 Å². The molecule has 12 rings (SSSR count). The molecule has 0 fully saturated rings. The fourth-order valence-electron chi connectivity index (χ4n) is 8.66. The molecule has 0 aliphatic rings. The molecular weight excluding hydrogens is 767 g/mol. The minimum atomic E-state index is 0.690. The maximum Gasteiger partial charge on any atom is 0.160 e. The Bertz CT molecular complexity index is 3470. The van der Waals surface area contributed by atoms with Crippen LogP contribution in [-0.2, 0) is 0 Å². The van der Waals surface area contributed by atoms with Gasteiger partial charge in [-0.2, -0.15) is 0 Å². The quantitative estimate of drug-likeness (QED) is 0.168. The Morgan fingerprint density at radius 3 is 1.48 bits per heavy atom. The van der Waals surface area contributed by atoms with Crippen LogP contribution < -0.4 is 0 Å². The largest absolute Gasteiger partial charge is 0.263 e. The predicted octanol–water partition coefficient (Wildman–Crippen LogP) is 15.8. The van der Waals surface area contributed by atoms with Gasteiger partial charge in [-0.15, -0.1) is 22.7 Å². The lowest BCUT2D eigenvalue weighted by molar-refractivity contribution is 1.18. The second-order valence-corrected chi connectivity index (χ2v) is 17.3. The molecule has 0 bridgehead atoms. The Labute approximate surface area is 354 Å². The molecule has 4 aromatic heterocycles. The van der Waals surface area contributed by atoms with Crippen LogP contribution >= 0.6 is 22.7 Å². The van der Waals surface area contributed by atoms with Crippen LogP contribution in [0.1, 0.15) is 0 Å². The molecule has 0 aliphatic heterocycles. The fourth-order valence-corrected chi connectivity index (χ4v) is 11.1. The first-order valence-corrected chi connectivity index (χ1v) is 21.7. The molecule has 8 aromatic carbocycles. The van der Waals surface area contributed by atoms with E-state index in [1.54, 1.807) is 0 Å². The van der Waals surface area contributed by atoms with Gasteiger partial charge in [0, 0.05) is 80.4 Å². The summed E-state index contributed by atoms with van der Waals surface area (Å²) in [7, 11) is 0. The van der Waals surface area contributed by atoms with Gasteiger partial charge in [0.15, 0.2) is 5.82 Å². The van der Waals surface area contributed by atoms with Gasteiger partial charge in [-0.25, -0.2) is 9.97 Å². The van der Waals surface area contributed by atoms with E-state index in [2.05, 4.69) is 175 Å². The first-order chi connectivity index (χ1) is 29.7. The monoisotopic (exact) mass is 799 g/mol. The lowest BCUT2D eigenvalue weighted by Gasteiger charge is -2.14. The van der Waals surface area contributed by atoms with Crippen LogP contribution in [0.15, 0.2) is 200 Å². The van der Waals surface area contributed by atoms with Crippen molar-refractivity contribution in [2.75, 3.05) is 0 Å². The summed E-state index contributed by atoms with van der Waals surface area (Å²) in [6.07, 6.45) is 3.88. The third kappa shape index (κ3) is 5.90. The highest BCUT2D eigenvalue weighted by atomic mass is 32.1. The van der Waals surface area contributed by atoms with E-state index >= 15 is 0 Å². The van der Waals surface area contributed by atoms with Crippen molar-refractivity contribution in [3.8, 4) is 67.3 Å². The first-order valence-electron chi connectivity index (χ1n) is 20.1. The smallest absolute Gasteiger partial charge is 0.160 e. The Morgan fingerprint density at radius 1 is 0.317 bits per heavy atom. The van der Waals surface area contributed by atoms with E-state index in [-0.39, 0.29) is 0 Å². The van der Waals surface area contributed by atoms with Crippen molar-refractivity contribution in [1.29, 1.82) is 0 Å². The molecule has 0 amide bonds. The van der Waals surface area contributed by atoms with Crippen molar-refractivity contribution in [3.05, 3.63) is 200 Å². The molecule has 5 heteroatoms. The molecule has 0 saturated carbocycles.